The van der Waals surface area contributed by atoms with E-state index in [-0.39, 0.29) is 18.1 Å². The van der Waals surface area contributed by atoms with Crippen LogP contribution in [0.15, 0.2) is 24.3 Å². The summed E-state index contributed by atoms with van der Waals surface area (Å²) in [5.41, 5.74) is 1.94. The molecule has 4 nitrogen and oxygen atoms in total. The standard InChI is InChI=1S/C14H14F2N2O2/c1-8-5-14(18-17-9(8)2)20-7-13(19)10-3-4-11(15)12(16)6-10/h3-6,13,19H,7H2,1-2H3. The fourth-order valence-electron chi connectivity index (χ4n) is 1.57. The predicted octanol–water partition coefficient (Wildman–Crippen LogP) is 2.48. The van der Waals surface area contributed by atoms with Crippen LogP contribution in [-0.4, -0.2) is 21.9 Å². The van der Waals surface area contributed by atoms with Gasteiger partial charge in [-0.05, 0) is 37.1 Å². The van der Waals surface area contributed by atoms with Gasteiger partial charge in [0.2, 0.25) is 5.88 Å². The zero-order valence-electron chi connectivity index (χ0n) is 11.1. The fourth-order valence-corrected chi connectivity index (χ4v) is 1.57. The fraction of sp³-hybridized carbons (Fsp3) is 0.286. The van der Waals surface area contributed by atoms with Crippen molar-refractivity contribution in [1.29, 1.82) is 0 Å². The number of halogens is 2. The molecule has 0 saturated heterocycles. The van der Waals surface area contributed by atoms with Crippen LogP contribution in [0.2, 0.25) is 0 Å². The molecule has 0 aliphatic heterocycles. The lowest BCUT2D eigenvalue weighted by Crippen LogP contribution is -2.11. The number of hydrogen-bond acceptors (Lipinski definition) is 4. The van der Waals surface area contributed by atoms with E-state index in [1.165, 1.54) is 6.07 Å². The monoisotopic (exact) mass is 280 g/mol. The molecule has 0 aliphatic carbocycles. The number of rotatable bonds is 4. The lowest BCUT2D eigenvalue weighted by atomic mass is 10.1. The molecule has 20 heavy (non-hydrogen) atoms. The van der Waals surface area contributed by atoms with E-state index in [0.29, 0.717) is 0 Å². The lowest BCUT2D eigenvalue weighted by molar-refractivity contribution is 0.104. The summed E-state index contributed by atoms with van der Waals surface area (Å²) in [7, 11) is 0. The van der Waals surface area contributed by atoms with Gasteiger partial charge in [0, 0.05) is 6.07 Å². The van der Waals surface area contributed by atoms with Crippen molar-refractivity contribution in [2.24, 2.45) is 0 Å². The maximum absolute atomic E-state index is 13.1. The van der Waals surface area contributed by atoms with Gasteiger partial charge >= 0.3 is 0 Å². The Labute approximate surface area is 115 Å². The van der Waals surface area contributed by atoms with Crippen molar-refractivity contribution in [3.05, 3.63) is 52.7 Å². The Morgan fingerprint density at radius 2 is 1.90 bits per heavy atom. The first-order chi connectivity index (χ1) is 9.47. The normalized spacial score (nSPS) is 12.2. The third-order valence-electron chi connectivity index (χ3n) is 2.93. The quantitative estimate of drug-likeness (QED) is 0.934. The molecule has 0 spiro atoms. The second-order valence-electron chi connectivity index (χ2n) is 4.45. The summed E-state index contributed by atoms with van der Waals surface area (Å²) in [6.45, 7) is 3.56. The summed E-state index contributed by atoms with van der Waals surface area (Å²) in [5, 5.41) is 17.6. The van der Waals surface area contributed by atoms with Crippen LogP contribution >= 0.6 is 0 Å². The van der Waals surface area contributed by atoms with Gasteiger partial charge in [-0.3, -0.25) is 0 Å². The summed E-state index contributed by atoms with van der Waals surface area (Å²) >= 11 is 0. The first-order valence-corrected chi connectivity index (χ1v) is 6.04. The van der Waals surface area contributed by atoms with E-state index < -0.39 is 17.7 Å². The molecule has 0 fully saturated rings. The van der Waals surface area contributed by atoms with Crippen molar-refractivity contribution in [2.45, 2.75) is 20.0 Å². The van der Waals surface area contributed by atoms with Crippen LogP contribution in [0.3, 0.4) is 0 Å². The number of benzene rings is 1. The highest BCUT2D eigenvalue weighted by Crippen LogP contribution is 2.18. The number of aryl methyl sites for hydroxylation is 2. The Hall–Kier alpha value is -2.08. The summed E-state index contributed by atoms with van der Waals surface area (Å²) in [6.07, 6.45) is -1.08. The molecule has 1 N–H and O–H groups in total. The zero-order valence-corrected chi connectivity index (χ0v) is 11.1. The first kappa shape index (κ1) is 14.3. The summed E-state index contributed by atoms with van der Waals surface area (Å²) in [6, 6.07) is 4.90. The second-order valence-corrected chi connectivity index (χ2v) is 4.45. The summed E-state index contributed by atoms with van der Waals surface area (Å²) in [5.74, 6) is -1.69. The zero-order chi connectivity index (χ0) is 14.7. The molecule has 0 bridgehead atoms. The van der Waals surface area contributed by atoms with E-state index in [4.69, 9.17) is 4.74 Å². The minimum atomic E-state index is -1.08. The van der Waals surface area contributed by atoms with Crippen molar-refractivity contribution in [2.75, 3.05) is 6.61 Å². The van der Waals surface area contributed by atoms with Gasteiger partial charge in [-0.25, -0.2) is 8.78 Å². The molecular weight excluding hydrogens is 266 g/mol. The molecule has 6 heteroatoms. The highest BCUT2D eigenvalue weighted by molar-refractivity contribution is 5.23. The minimum absolute atomic E-state index is 0.123. The Balaban J connectivity index is 2.02. The van der Waals surface area contributed by atoms with Crippen LogP contribution in [0.25, 0.3) is 0 Å². The topological polar surface area (TPSA) is 55.2 Å². The third kappa shape index (κ3) is 3.27. The molecule has 1 aromatic heterocycles. The molecule has 0 radical (unpaired) electrons. The van der Waals surface area contributed by atoms with Gasteiger partial charge < -0.3 is 9.84 Å². The number of aromatic nitrogens is 2. The number of aliphatic hydroxyl groups excluding tert-OH is 1. The number of ether oxygens (including phenoxy) is 1. The van der Waals surface area contributed by atoms with Gasteiger partial charge in [0.25, 0.3) is 0 Å². The van der Waals surface area contributed by atoms with E-state index >= 15 is 0 Å². The van der Waals surface area contributed by atoms with Crippen LogP contribution in [0, 0.1) is 25.5 Å². The predicted molar refractivity (Wildman–Crippen MR) is 68.3 cm³/mol. The van der Waals surface area contributed by atoms with Crippen LogP contribution in [0.4, 0.5) is 8.78 Å². The van der Waals surface area contributed by atoms with Crippen LogP contribution in [0.1, 0.15) is 22.9 Å². The minimum Gasteiger partial charge on any atom is -0.473 e. The third-order valence-corrected chi connectivity index (χ3v) is 2.93. The highest BCUT2D eigenvalue weighted by atomic mass is 19.2. The van der Waals surface area contributed by atoms with Crippen LogP contribution in [0.5, 0.6) is 5.88 Å². The molecule has 0 aliphatic rings. The molecule has 1 heterocycles. The van der Waals surface area contributed by atoms with Gasteiger partial charge in [-0.1, -0.05) is 6.07 Å². The number of hydrogen-bond donors (Lipinski definition) is 1. The largest absolute Gasteiger partial charge is 0.473 e. The smallest absolute Gasteiger partial charge is 0.233 e. The van der Waals surface area contributed by atoms with Gasteiger partial charge in [0.05, 0.1) is 5.69 Å². The van der Waals surface area contributed by atoms with Gasteiger partial charge in [0.1, 0.15) is 12.7 Å². The first-order valence-electron chi connectivity index (χ1n) is 6.04. The van der Waals surface area contributed by atoms with Gasteiger partial charge in [-0.2, -0.15) is 5.10 Å². The Morgan fingerprint density at radius 1 is 1.15 bits per heavy atom. The molecule has 1 aromatic carbocycles. The summed E-state index contributed by atoms with van der Waals surface area (Å²) < 4.78 is 31.1. The highest BCUT2D eigenvalue weighted by Gasteiger charge is 2.12. The average molecular weight is 280 g/mol. The van der Waals surface area contributed by atoms with Crippen molar-refractivity contribution in [3.8, 4) is 5.88 Å². The molecule has 1 unspecified atom stereocenters. The SMILES string of the molecule is Cc1cc(OCC(O)c2ccc(F)c(F)c2)nnc1C. The van der Waals surface area contributed by atoms with E-state index in [0.717, 1.165) is 23.4 Å². The second kappa shape index (κ2) is 5.92. The summed E-state index contributed by atoms with van der Waals surface area (Å²) in [4.78, 5) is 0. The maximum atomic E-state index is 13.1. The van der Waals surface area contributed by atoms with Crippen molar-refractivity contribution in [1.82, 2.24) is 10.2 Å². The Bertz CT molecular complexity index is 620. The molecular formula is C14H14F2N2O2. The maximum Gasteiger partial charge on any atom is 0.233 e. The van der Waals surface area contributed by atoms with Gasteiger partial charge in [-0.15, -0.1) is 5.10 Å². The molecule has 0 amide bonds. The van der Waals surface area contributed by atoms with Crippen molar-refractivity contribution >= 4 is 0 Å². The molecule has 1 atom stereocenters. The lowest BCUT2D eigenvalue weighted by Gasteiger charge is -2.12. The number of aliphatic hydroxyl groups is 1. The van der Waals surface area contributed by atoms with Crippen LogP contribution in [-0.2, 0) is 0 Å². The van der Waals surface area contributed by atoms with Gasteiger partial charge in [0.15, 0.2) is 11.6 Å². The molecule has 2 aromatic rings. The van der Waals surface area contributed by atoms with Crippen molar-refractivity contribution < 1.29 is 18.6 Å². The van der Waals surface area contributed by atoms with Crippen molar-refractivity contribution in [3.63, 3.8) is 0 Å². The average Bonchev–Trinajstić information content (AvgIpc) is 2.43. The molecule has 2 rings (SSSR count). The molecule has 106 valence electrons. The van der Waals surface area contributed by atoms with E-state index in [2.05, 4.69) is 10.2 Å². The van der Waals surface area contributed by atoms with E-state index in [1.54, 1.807) is 6.07 Å². The Morgan fingerprint density at radius 3 is 2.55 bits per heavy atom. The van der Waals surface area contributed by atoms with E-state index in [1.807, 2.05) is 13.8 Å². The van der Waals surface area contributed by atoms with E-state index in [9.17, 15) is 13.9 Å². The Kier molecular flexibility index (Phi) is 4.24. The molecule has 0 saturated carbocycles. The number of nitrogens with zero attached hydrogens (tertiary/aromatic N) is 2. The van der Waals surface area contributed by atoms with Crippen LogP contribution < -0.4 is 4.74 Å².